The highest BCUT2D eigenvalue weighted by Gasteiger charge is 2.23. The number of nitrogens with zero attached hydrogens (tertiary/aromatic N) is 2. The molecule has 2 N–H and O–H groups in total. The summed E-state index contributed by atoms with van der Waals surface area (Å²) >= 11 is 3.26. The molecule has 6 rings (SSSR count). The number of aryl methyl sites for hydroxylation is 3. The van der Waals surface area contributed by atoms with Gasteiger partial charge in [0.05, 0.1) is 22.5 Å². The lowest BCUT2D eigenvalue weighted by molar-refractivity contribution is 0.509. The van der Waals surface area contributed by atoms with Gasteiger partial charge in [-0.25, -0.2) is 9.97 Å². The topological polar surface area (TPSA) is 74.4 Å². The molecule has 0 aliphatic heterocycles. The third kappa shape index (κ3) is 4.42. The molecule has 0 spiro atoms. The standard InChI is InChI=1S/C29H28N4OS2/c1-16-4-9-19(10-5-16)25-26(20-11-6-17(2)7-12-20)33-29(32-25)35-15-23-30-27(34)24-21-13-8-18(3)14-22(21)36-28(24)31-23/h4-7,9-12,18H,8,13-15H2,1-3H3,(H,32,33)(H,30,31,34)/t18-/m0/s1. The van der Waals surface area contributed by atoms with Crippen LogP contribution in [0.3, 0.4) is 0 Å². The second-order valence-electron chi connectivity index (χ2n) is 9.83. The van der Waals surface area contributed by atoms with Gasteiger partial charge in [-0.3, -0.25) is 4.79 Å². The smallest absolute Gasteiger partial charge is 0.259 e. The van der Waals surface area contributed by atoms with Gasteiger partial charge in [0.15, 0.2) is 5.16 Å². The van der Waals surface area contributed by atoms with Crippen molar-refractivity contribution in [2.75, 3.05) is 0 Å². The van der Waals surface area contributed by atoms with Crippen molar-refractivity contribution in [3.63, 3.8) is 0 Å². The Labute approximate surface area is 218 Å². The molecule has 0 saturated heterocycles. The molecule has 1 aliphatic rings. The number of hydrogen-bond acceptors (Lipinski definition) is 5. The van der Waals surface area contributed by atoms with Crippen LogP contribution >= 0.6 is 23.1 Å². The van der Waals surface area contributed by atoms with Gasteiger partial charge in [0.1, 0.15) is 10.7 Å². The summed E-state index contributed by atoms with van der Waals surface area (Å²) in [6.45, 7) is 6.46. The second-order valence-corrected chi connectivity index (χ2v) is 11.9. The first-order valence-corrected chi connectivity index (χ1v) is 14.1. The first-order chi connectivity index (χ1) is 17.4. The molecule has 3 heterocycles. The van der Waals surface area contributed by atoms with Crippen LogP contribution in [0.1, 0.15) is 40.7 Å². The number of aromatic nitrogens is 4. The van der Waals surface area contributed by atoms with E-state index in [1.165, 1.54) is 21.6 Å². The van der Waals surface area contributed by atoms with Crippen LogP contribution < -0.4 is 5.56 Å². The van der Waals surface area contributed by atoms with E-state index in [-0.39, 0.29) is 5.56 Å². The van der Waals surface area contributed by atoms with Gasteiger partial charge in [0.25, 0.3) is 5.56 Å². The number of hydrogen-bond donors (Lipinski definition) is 2. The van der Waals surface area contributed by atoms with E-state index in [0.717, 1.165) is 57.2 Å². The normalized spacial score (nSPS) is 15.4. The summed E-state index contributed by atoms with van der Waals surface area (Å²) in [4.78, 5) is 31.6. The van der Waals surface area contributed by atoms with Crippen LogP contribution in [0.2, 0.25) is 0 Å². The Balaban J connectivity index is 1.32. The van der Waals surface area contributed by atoms with Gasteiger partial charge >= 0.3 is 0 Å². The number of thioether (sulfide) groups is 1. The SMILES string of the molecule is Cc1ccc(-c2nc(SCc3nc4sc5c(c4c(=O)[nH]3)CC[C@H](C)C5)[nH]c2-c2ccc(C)cc2)cc1. The van der Waals surface area contributed by atoms with Crippen LogP contribution in [0.15, 0.2) is 58.5 Å². The molecule has 0 unspecified atom stereocenters. The van der Waals surface area contributed by atoms with Gasteiger partial charge < -0.3 is 9.97 Å². The van der Waals surface area contributed by atoms with Crippen LogP contribution in [0.4, 0.5) is 0 Å². The summed E-state index contributed by atoms with van der Waals surface area (Å²) in [5.74, 6) is 1.90. The molecule has 0 amide bonds. The van der Waals surface area contributed by atoms with Crippen molar-refractivity contribution in [1.29, 1.82) is 0 Å². The van der Waals surface area contributed by atoms with Crippen LogP contribution in [0.5, 0.6) is 0 Å². The number of rotatable bonds is 5. The lowest BCUT2D eigenvalue weighted by atomic mass is 9.89. The fourth-order valence-electron chi connectivity index (χ4n) is 4.87. The summed E-state index contributed by atoms with van der Waals surface area (Å²) < 4.78 is 0. The predicted molar refractivity (Wildman–Crippen MR) is 150 cm³/mol. The van der Waals surface area contributed by atoms with Gasteiger partial charge in [-0.2, -0.15) is 0 Å². The summed E-state index contributed by atoms with van der Waals surface area (Å²) in [6, 6.07) is 16.9. The molecule has 0 fully saturated rings. The molecular weight excluding hydrogens is 484 g/mol. The minimum atomic E-state index is -0.0113. The Morgan fingerprint density at radius 3 is 2.39 bits per heavy atom. The van der Waals surface area contributed by atoms with Crippen molar-refractivity contribution < 1.29 is 0 Å². The Morgan fingerprint density at radius 1 is 0.972 bits per heavy atom. The zero-order valence-corrected chi connectivity index (χ0v) is 22.3. The molecule has 2 aromatic carbocycles. The molecule has 5 nitrogen and oxygen atoms in total. The molecule has 0 saturated carbocycles. The van der Waals surface area contributed by atoms with Crippen LogP contribution in [0, 0.1) is 19.8 Å². The summed E-state index contributed by atoms with van der Waals surface area (Å²) in [7, 11) is 0. The molecule has 0 bridgehead atoms. The van der Waals surface area contributed by atoms with Gasteiger partial charge in [0, 0.05) is 16.0 Å². The summed E-state index contributed by atoms with van der Waals surface area (Å²) in [6.07, 6.45) is 3.17. The number of thiophene rings is 1. The second kappa shape index (κ2) is 9.37. The number of H-pyrrole nitrogens is 2. The molecule has 1 aliphatic carbocycles. The molecule has 3 aromatic heterocycles. The van der Waals surface area contributed by atoms with Crippen molar-refractivity contribution in [3.8, 4) is 22.5 Å². The highest BCUT2D eigenvalue weighted by atomic mass is 32.2. The highest BCUT2D eigenvalue weighted by Crippen LogP contribution is 2.37. The van der Waals surface area contributed by atoms with E-state index in [1.807, 2.05) is 0 Å². The largest absolute Gasteiger partial charge is 0.332 e. The average molecular weight is 513 g/mol. The van der Waals surface area contributed by atoms with Crippen LogP contribution in [0.25, 0.3) is 32.7 Å². The van der Waals surface area contributed by atoms with Crippen molar-refractivity contribution >= 4 is 33.3 Å². The molecule has 182 valence electrons. The maximum atomic E-state index is 13.0. The van der Waals surface area contributed by atoms with E-state index in [1.54, 1.807) is 23.1 Å². The maximum absolute atomic E-state index is 13.0. The Hall–Kier alpha value is -3.16. The van der Waals surface area contributed by atoms with Crippen LogP contribution in [-0.4, -0.2) is 19.9 Å². The molecule has 5 aromatic rings. The van der Waals surface area contributed by atoms with Crippen molar-refractivity contribution in [2.45, 2.75) is 50.9 Å². The fourth-order valence-corrected chi connectivity index (χ4v) is 7.01. The summed E-state index contributed by atoms with van der Waals surface area (Å²) in [5.41, 5.74) is 7.75. The van der Waals surface area contributed by atoms with Gasteiger partial charge in [-0.05, 0) is 44.6 Å². The molecule has 0 radical (unpaired) electrons. The molecule has 1 atom stereocenters. The maximum Gasteiger partial charge on any atom is 0.259 e. The third-order valence-corrected chi connectivity index (χ3v) is 8.94. The molecule has 36 heavy (non-hydrogen) atoms. The first-order valence-electron chi connectivity index (χ1n) is 12.3. The van der Waals surface area contributed by atoms with Crippen molar-refractivity contribution in [3.05, 3.63) is 86.3 Å². The number of imidazole rings is 1. The van der Waals surface area contributed by atoms with Gasteiger partial charge in [0.2, 0.25) is 0 Å². The van der Waals surface area contributed by atoms with Crippen molar-refractivity contribution in [2.24, 2.45) is 5.92 Å². The quantitative estimate of drug-likeness (QED) is 0.247. The number of aromatic amines is 2. The van der Waals surface area contributed by atoms with E-state index in [0.29, 0.717) is 17.5 Å². The fraction of sp³-hybridized carbons (Fsp3) is 0.276. The monoisotopic (exact) mass is 512 g/mol. The van der Waals surface area contributed by atoms with E-state index in [9.17, 15) is 4.79 Å². The Morgan fingerprint density at radius 2 is 1.67 bits per heavy atom. The van der Waals surface area contributed by atoms with Gasteiger partial charge in [-0.1, -0.05) is 78.3 Å². The number of benzene rings is 2. The minimum Gasteiger partial charge on any atom is -0.332 e. The predicted octanol–water partition coefficient (Wildman–Crippen LogP) is 7.08. The zero-order valence-electron chi connectivity index (χ0n) is 20.6. The zero-order chi connectivity index (χ0) is 24.8. The van der Waals surface area contributed by atoms with E-state index >= 15 is 0 Å². The Kier molecular flexibility index (Phi) is 6.05. The lowest BCUT2D eigenvalue weighted by Crippen LogP contribution is -2.14. The minimum absolute atomic E-state index is 0.0113. The third-order valence-electron chi connectivity index (χ3n) is 6.91. The van der Waals surface area contributed by atoms with E-state index in [4.69, 9.17) is 9.97 Å². The molecule has 7 heteroatoms. The van der Waals surface area contributed by atoms with E-state index in [2.05, 4.69) is 79.3 Å². The first kappa shape index (κ1) is 23.3. The van der Waals surface area contributed by atoms with Gasteiger partial charge in [-0.15, -0.1) is 11.3 Å². The number of nitrogens with one attached hydrogen (secondary N) is 2. The van der Waals surface area contributed by atoms with Crippen LogP contribution in [-0.2, 0) is 18.6 Å². The summed E-state index contributed by atoms with van der Waals surface area (Å²) in [5, 5.41) is 1.61. The van der Waals surface area contributed by atoms with E-state index < -0.39 is 0 Å². The average Bonchev–Trinajstić information content (AvgIpc) is 3.45. The number of fused-ring (bicyclic) bond motifs is 3. The highest BCUT2D eigenvalue weighted by molar-refractivity contribution is 7.98. The lowest BCUT2D eigenvalue weighted by Gasteiger charge is -2.17. The Bertz CT molecular complexity index is 1550. The molecular formula is C29H28N4OS2. The van der Waals surface area contributed by atoms with Crippen molar-refractivity contribution in [1.82, 2.24) is 19.9 Å².